The Bertz CT molecular complexity index is 694. The molecule has 0 amide bonds. The van der Waals surface area contributed by atoms with Crippen LogP contribution in [0.15, 0.2) is 36.9 Å². The van der Waals surface area contributed by atoms with Crippen molar-refractivity contribution >= 4 is 11.0 Å². The van der Waals surface area contributed by atoms with Crippen molar-refractivity contribution in [3.63, 3.8) is 0 Å². The van der Waals surface area contributed by atoms with Crippen LogP contribution in [0.3, 0.4) is 0 Å². The molecule has 0 unspecified atom stereocenters. The molecule has 0 saturated carbocycles. The standard InChI is InChI=1S/C12H8F2N4/c13-8-4-10-11(5-9(8)14)18(7-17-10)6-12-15-2-1-3-16-12/h1-5,7H,6H2. The van der Waals surface area contributed by atoms with E-state index < -0.39 is 11.6 Å². The molecule has 0 radical (unpaired) electrons. The Kier molecular flexibility index (Phi) is 2.47. The van der Waals surface area contributed by atoms with Crippen LogP contribution in [0.4, 0.5) is 8.78 Å². The number of aromatic nitrogens is 4. The zero-order valence-electron chi connectivity index (χ0n) is 9.22. The van der Waals surface area contributed by atoms with Crippen molar-refractivity contribution in [3.05, 3.63) is 54.4 Å². The van der Waals surface area contributed by atoms with E-state index >= 15 is 0 Å². The van der Waals surface area contributed by atoms with Crippen LogP contribution in [0, 0.1) is 11.6 Å². The molecule has 0 N–H and O–H groups in total. The van der Waals surface area contributed by atoms with Crippen molar-refractivity contribution in [1.29, 1.82) is 0 Å². The van der Waals surface area contributed by atoms with E-state index in [1.165, 1.54) is 6.33 Å². The van der Waals surface area contributed by atoms with Gasteiger partial charge >= 0.3 is 0 Å². The average Bonchev–Trinajstić information content (AvgIpc) is 2.74. The molecule has 1 aromatic carbocycles. The van der Waals surface area contributed by atoms with Crippen LogP contribution < -0.4 is 0 Å². The molecule has 6 heteroatoms. The summed E-state index contributed by atoms with van der Waals surface area (Å²) in [4.78, 5) is 12.2. The smallest absolute Gasteiger partial charge is 0.161 e. The third kappa shape index (κ3) is 1.81. The highest BCUT2D eigenvalue weighted by atomic mass is 19.2. The molecule has 90 valence electrons. The van der Waals surface area contributed by atoms with Crippen molar-refractivity contribution in [1.82, 2.24) is 19.5 Å². The minimum Gasteiger partial charge on any atom is -0.323 e. The summed E-state index contributed by atoms with van der Waals surface area (Å²) < 4.78 is 27.9. The number of hydrogen-bond donors (Lipinski definition) is 0. The van der Waals surface area contributed by atoms with Crippen LogP contribution in [0.5, 0.6) is 0 Å². The van der Waals surface area contributed by atoms with Crippen LogP contribution in [0.1, 0.15) is 5.82 Å². The molecule has 0 aliphatic rings. The minimum atomic E-state index is -0.899. The van der Waals surface area contributed by atoms with Crippen LogP contribution in [-0.4, -0.2) is 19.5 Å². The third-order valence-corrected chi connectivity index (χ3v) is 2.59. The molecule has 4 nitrogen and oxygen atoms in total. The van der Waals surface area contributed by atoms with Gasteiger partial charge in [0.1, 0.15) is 5.82 Å². The van der Waals surface area contributed by atoms with Crippen LogP contribution in [0.25, 0.3) is 11.0 Å². The van der Waals surface area contributed by atoms with Gasteiger partial charge in [-0.05, 0) is 6.07 Å². The van der Waals surface area contributed by atoms with Crippen LogP contribution >= 0.6 is 0 Å². The molecular formula is C12H8F2N4. The summed E-state index contributed by atoms with van der Waals surface area (Å²) in [6, 6.07) is 3.91. The molecule has 2 aromatic heterocycles. The number of nitrogens with zero attached hydrogens (tertiary/aromatic N) is 4. The van der Waals surface area contributed by atoms with E-state index in [2.05, 4.69) is 15.0 Å². The van der Waals surface area contributed by atoms with Crippen molar-refractivity contribution in [2.75, 3.05) is 0 Å². The molecular weight excluding hydrogens is 238 g/mol. The van der Waals surface area contributed by atoms with Gasteiger partial charge in [0.2, 0.25) is 0 Å². The van der Waals surface area contributed by atoms with E-state index in [4.69, 9.17) is 0 Å². The van der Waals surface area contributed by atoms with Gasteiger partial charge in [-0.15, -0.1) is 0 Å². The van der Waals surface area contributed by atoms with Gasteiger partial charge in [-0.1, -0.05) is 0 Å². The summed E-state index contributed by atoms with van der Waals surface area (Å²) in [5, 5.41) is 0. The highest BCUT2D eigenvalue weighted by Crippen LogP contribution is 2.17. The first-order valence-electron chi connectivity index (χ1n) is 5.30. The highest BCUT2D eigenvalue weighted by molar-refractivity contribution is 5.75. The van der Waals surface area contributed by atoms with Crippen molar-refractivity contribution < 1.29 is 8.78 Å². The van der Waals surface area contributed by atoms with Gasteiger partial charge in [-0.2, -0.15) is 0 Å². The summed E-state index contributed by atoms with van der Waals surface area (Å²) in [5.41, 5.74) is 0.922. The fourth-order valence-electron chi connectivity index (χ4n) is 1.74. The predicted molar refractivity (Wildman–Crippen MR) is 60.8 cm³/mol. The summed E-state index contributed by atoms with van der Waals surface area (Å²) in [6.45, 7) is 0.364. The van der Waals surface area contributed by atoms with E-state index in [1.54, 1.807) is 23.0 Å². The molecule has 0 atom stereocenters. The largest absolute Gasteiger partial charge is 0.323 e. The second kappa shape index (κ2) is 4.14. The van der Waals surface area contributed by atoms with Gasteiger partial charge in [0.05, 0.1) is 23.9 Å². The molecule has 0 aliphatic heterocycles. The fourth-order valence-corrected chi connectivity index (χ4v) is 1.74. The van der Waals surface area contributed by atoms with Crippen LogP contribution in [0.2, 0.25) is 0 Å². The number of rotatable bonds is 2. The molecule has 2 heterocycles. The van der Waals surface area contributed by atoms with Crippen molar-refractivity contribution in [2.45, 2.75) is 6.54 Å². The molecule has 0 saturated heterocycles. The third-order valence-electron chi connectivity index (χ3n) is 2.59. The van der Waals surface area contributed by atoms with E-state index in [9.17, 15) is 8.78 Å². The molecule has 18 heavy (non-hydrogen) atoms. The maximum absolute atomic E-state index is 13.2. The maximum atomic E-state index is 13.2. The lowest BCUT2D eigenvalue weighted by Crippen LogP contribution is -2.02. The van der Waals surface area contributed by atoms with E-state index in [-0.39, 0.29) is 0 Å². The second-order valence-electron chi connectivity index (χ2n) is 3.79. The summed E-state index contributed by atoms with van der Waals surface area (Å²) in [6.07, 6.45) is 4.77. The van der Waals surface area contributed by atoms with E-state index in [0.717, 1.165) is 12.1 Å². The zero-order valence-corrected chi connectivity index (χ0v) is 9.22. The lowest BCUT2D eigenvalue weighted by atomic mass is 10.3. The molecule has 0 spiro atoms. The number of benzene rings is 1. The highest BCUT2D eigenvalue weighted by Gasteiger charge is 2.09. The van der Waals surface area contributed by atoms with Gasteiger partial charge in [0.25, 0.3) is 0 Å². The summed E-state index contributed by atoms with van der Waals surface area (Å²) in [7, 11) is 0. The normalized spacial score (nSPS) is 11.0. The van der Waals surface area contributed by atoms with Gasteiger partial charge in [-0.25, -0.2) is 23.7 Å². The number of halogens is 2. The lowest BCUT2D eigenvalue weighted by Gasteiger charge is -2.02. The zero-order chi connectivity index (χ0) is 12.5. The monoisotopic (exact) mass is 246 g/mol. The van der Waals surface area contributed by atoms with Crippen molar-refractivity contribution in [3.8, 4) is 0 Å². The number of imidazole rings is 1. The Morgan fingerprint density at radius 1 is 1.00 bits per heavy atom. The Morgan fingerprint density at radius 3 is 2.50 bits per heavy atom. The van der Waals surface area contributed by atoms with Gasteiger partial charge < -0.3 is 4.57 Å². The molecule has 3 aromatic rings. The van der Waals surface area contributed by atoms with Gasteiger partial charge in [-0.3, -0.25) is 0 Å². The number of hydrogen-bond acceptors (Lipinski definition) is 3. The number of fused-ring (bicyclic) bond motifs is 1. The predicted octanol–water partition coefficient (Wildman–Crippen LogP) is 2.15. The topological polar surface area (TPSA) is 43.6 Å². The first-order chi connectivity index (χ1) is 8.74. The Morgan fingerprint density at radius 2 is 1.72 bits per heavy atom. The summed E-state index contributed by atoms with van der Waals surface area (Å²) in [5.74, 6) is -1.21. The van der Waals surface area contributed by atoms with E-state index in [0.29, 0.717) is 23.4 Å². The maximum Gasteiger partial charge on any atom is 0.161 e. The molecule has 0 fully saturated rings. The average molecular weight is 246 g/mol. The Balaban J connectivity index is 2.05. The van der Waals surface area contributed by atoms with Gasteiger partial charge in [0, 0.05) is 24.5 Å². The molecule has 3 rings (SSSR count). The Labute approximate surface area is 101 Å². The molecule has 0 aliphatic carbocycles. The molecule has 0 bridgehead atoms. The van der Waals surface area contributed by atoms with Crippen molar-refractivity contribution in [2.24, 2.45) is 0 Å². The quantitative estimate of drug-likeness (QED) is 0.696. The fraction of sp³-hybridized carbons (Fsp3) is 0.0833. The minimum absolute atomic E-state index is 0.364. The lowest BCUT2D eigenvalue weighted by molar-refractivity contribution is 0.510. The summed E-state index contributed by atoms with van der Waals surface area (Å²) >= 11 is 0. The first kappa shape index (κ1) is 10.8. The first-order valence-corrected chi connectivity index (χ1v) is 5.30. The van der Waals surface area contributed by atoms with E-state index in [1.807, 2.05) is 0 Å². The SMILES string of the molecule is Fc1cc2ncn(Cc3ncccn3)c2cc1F. The Hall–Kier alpha value is -2.37. The second-order valence-corrected chi connectivity index (χ2v) is 3.79. The van der Waals surface area contributed by atoms with Gasteiger partial charge in [0.15, 0.2) is 11.6 Å². The van der Waals surface area contributed by atoms with Crippen LogP contribution in [-0.2, 0) is 6.54 Å².